The maximum atomic E-state index is 13.1. The molecule has 2 aromatic heterocycles. The number of benzene rings is 2. The third kappa shape index (κ3) is 17.1. The summed E-state index contributed by atoms with van der Waals surface area (Å²) in [4.78, 5) is 33.2. The molecule has 0 aliphatic heterocycles. The lowest BCUT2D eigenvalue weighted by atomic mass is 9.94. The molecule has 0 aliphatic rings. The van der Waals surface area contributed by atoms with Gasteiger partial charge in [0.05, 0.1) is 33.7 Å². The van der Waals surface area contributed by atoms with Crippen LogP contribution in [0.15, 0.2) is 69.9 Å². The second-order valence-corrected chi connectivity index (χ2v) is 33.6. The van der Waals surface area contributed by atoms with E-state index in [1.165, 1.54) is 28.9 Å². The van der Waals surface area contributed by atoms with Gasteiger partial charge in [-0.1, -0.05) is 139 Å². The van der Waals surface area contributed by atoms with E-state index in [9.17, 15) is 9.59 Å². The average molecular weight is 1010 g/mol. The number of carbonyl (C=O) groups excluding carboxylic acids is 1. The standard InChI is InChI=1S/C23H34BrNO2SSi.C14H24BrNOSi.C8H11NO2S/c1-22(2,3)21-25-14-20(28-21)19(26)13-17(16-9-11-18(24)12-10-16)15-27-29(7,8)23(4,5)6;1-14(2,3)18(4,5)17-10-13(16)11-6-8-12(15)9-7-11;1-8(2,3)7-9-4-5(12-7)6(10)11/h9-12,14,17H,13,15H2,1-8H3;6-9,13H,10,16H2,1-5H3;4H,1-3H3,(H,10,11). The molecule has 0 aliphatic carbocycles. The minimum atomic E-state index is -1.89. The Balaban J connectivity index is 0.000000339. The Kier molecular flexibility index (Phi) is 19.4. The Morgan fingerprint density at radius 1 is 0.661 bits per heavy atom. The van der Waals surface area contributed by atoms with E-state index in [4.69, 9.17) is 19.7 Å². The molecule has 2 heterocycles. The number of hydrogen-bond acceptors (Lipinski definition) is 9. The summed E-state index contributed by atoms with van der Waals surface area (Å²) in [5.74, 6) is -0.724. The van der Waals surface area contributed by atoms with Gasteiger partial charge < -0.3 is 19.7 Å². The summed E-state index contributed by atoms with van der Waals surface area (Å²) >= 11 is 9.68. The highest BCUT2D eigenvalue weighted by Crippen LogP contribution is 2.39. The number of thiazole rings is 2. The van der Waals surface area contributed by atoms with Gasteiger partial charge in [-0.2, -0.15) is 0 Å². The summed E-state index contributed by atoms with van der Waals surface area (Å²) in [7, 11) is -3.59. The fourth-order valence-corrected chi connectivity index (χ4v) is 8.99. The molecule has 0 spiro atoms. The van der Waals surface area contributed by atoms with Crippen molar-refractivity contribution >= 4 is 82.9 Å². The molecule has 14 heteroatoms. The fraction of sp³-hybridized carbons (Fsp3) is 0.556. The average Bonchev–Trinajstić information content (AvgIpc) is 3.82. The van der Waals surface area contributed by atoms with Gasteiger partial charge in [-0.15, -0.1) is 22.7 Å². The predicted octanol–water partition coefficient (Wildman–Crippen LogP) is 14.2. The maximum Gasteiger partial charge on any atom is 0.347 e. The van der Waals surface area contributed by atoms with Crippen LogP contribution in [0.3, 0.4) is 0 Å². The van der Waals surface area contributed by atoms with Crippen LogP contribution in [0.2, 0.25) is 36.3 Å². The molecule has 0 amide bonds. The lowest BCUT2D eigenvalue weighted by molar-refractivity contribution is 0.0701. The molecule has 0 fully saturated rings. The summed E-state index contributed by atoms with van der Waals surface area (Å²) in [6.45, 7) is 36.0. The molecule has 4 rings (SSSR count). The van der Waals surface area contributed by atoms with Crippen LogP contribution in [0.1, 0.15) is 142 Å². The number of ketones is 1. The molecule has 4 aromatic rings. The van der Waals surface area contributed by atoms with Gasteiger partial charge in [-0.05, 0) is 71.7 Å². The zero-order valence-electron chi connectivity index (χ0n) is 38.2. The number of halogens is 2. The van der Waals surface area contributed by atoms with Crippen LogP contribution in [0.4, 0.5) is 0 Å². The molecule has 59 heavy (non-hydrogen) atoms. The van der Waals surface area contributed by atoms with E-state index < -0.39 is 22.6 Å². The number of nitrogens with two attached hydrogens (primary N) is 1. The van der Waals surface area contributed by atoms with Gasteiger partial charge >= 0.3 is 5.97 Å². The highest BCUT2D eigenvalue weighted by atomic mass is 79.9. The zero-order valence-corrected chi connectivity index (χ0v) is 45.0. The van der Waals surface area contributed by atoms with E-state index in [1.807, 2.05) is 57.2 Å². The molecule has 0 saturated carbocycles. The van der Waals surface area contributed by atoms with Crippen molar-refractivity contribution < 1.29 is 23.5 Å². The summed E-state index contributed by atoms with van der Waals surface area (Å²) in [5.41, 5.74) is 8.34. The molecule has 2 unspecified atom stereocenters. The van der Waals surface area contributed by atoms with Crippen LogP contribution in [0, 0.1) is 0 Å². The summed E-state index contributed by atoms with van der Waals surface area (Å²) in [6.07, 6.45) is 3.58. The highest BCUT2D eigenvalue weighted by molar-refractivity contribution is 9.10. The molecule has 8 nitrogen and oxygen atoms in total. The molecular formula is C45H69Br2N3O5S2Si2. The third-order valence-corrected chi connectivity index (χ3v) is 23.7. The van der Waals surface area contributed by atoms with Gasteiger partial charge in [0.25, 0.3) is 0 Å². The van der Waals surface area contributed by atoms with Crippen molar-refractivity contribution in [3.05, 3.63) is 101 Å². The first kappa shape index (κ1) is 53.3. The molecule has 2 aromatic carbocycles. The first-order chi connectivity index (χ1) is 26.7. The number of aromatic carboxylic acids is 1. The minimum absolute atomic E-state index is 0.0323. The maximum absolute atomic E-state index is 13.1. The van der Waals surface area contributed by atoms with Crippen LogP contribution >= 0.6 is 54.5 Å². The number of aromatic nitrogens is 2. The SMILES string of the molecule is CC(C)(C)[Si](C)(C)OCC(N)c1ccc(Br)cc1.CC(C)(C)c1ncc(C(=O)CC(CO[Si](C)(C)C(C)(C)C)c2ccc(Br)cc2)s1.CC(C)(C)c1ncc(C(=O)O)s1. The second kappa shape index (κ2) is 21.5. The van der Waals surface area contributed by atoms with Crippen molar-refractivity contribution in [3.63, 3.8) is 0 Å². The van der Waals surface area contributed by atoms with Gasteiger partial charge in [-0.25, -0.2) is 14.8 Å². The van der Waals surface area contributed by atoms with Crippen LogP contribution in [-0.4, -0.2) is 56.7 Å². The lowest BCUT2D eigenvalue weighted by Gasteiger charge is -2.37. The Labute approximate surface area is 382 Å². The molecular weight excluding hydrogens is 943 g/mol. The van der Waals surface area contributed by atoms with Crippen molar-refractivity contribution in [2.75, 3.05) is 13.2 Å². The van der Waals surface area contributed by atoms with Gasteiger partial charge in [0.1, 0.15) is 4.88 Å². The van der Waals surface area contributed by atoms with Crippen LogP contribution in [-0.2, 0) is 19.7 Å². The zero-order chi connectivity index (χ0) is 45.4. The molecule has 2 atom stereocenters. The second-order valence-electron chi connectivity index (χ2n) is 20.0. The van der Waals surface area contributed by atoms with E-state index in [0.717, 1.165) is 35.0 Å². The normalized spacial score (nSPS) is 13.7. The molecule has 328 valence electrons. The Morgan fingerprint density at radius 3 is 1.39 bits per heavy atom. The summed E-state index contributed by atoms with van der Waals surface area (Å²) in [6, 6.07) is 16.3. The van der Waals surface area contributed by atoms with E-state index in [0.29, 0.717) is 24.5 Å². The van der Waals surface area contributed by atoms with Crippen molar-refractivity contribution in [2.45, 2.75) is 149 Å². The smallest absolute Gasteiger partial charge is 0.347 e. The van der Waals surface area contributed by atoms with E-state index in [-0.39, 0.29) is 38.6 Å². The Hall–Kier alpha value is -1.89. The number of carboxylic acids is 1. The number of nitrogens with zero attached hydrogens (tertiary/aromatic N) is 2. The quantitative estimate of drug-likeness (QED) is 0.106. The highest BCUT2D eigenvalue weighted by Gasteiger charge is 2.39. The van der Waals surface area contributed by atoms with Gasteiger partial charge in [0.2, 0.25) is 0 Å². The third-order valence-electron chi connectivity index (χ3n) is 10.7. The van der Waals surface area contributed by atoms with Gasteiger partial charge in [0, 0.05) is 44.9 Å². The minimum Gasteiger partial charge on any atom is -0.477 e. The Morgan fingerprint density at radius 2 is 1.03 bits per heavy atom. The molecule has 0 bridgehead atoms. The first-order valence-electron chi connectivity index (χ1n) is 20.0. The monoisotopic (exact) mass is 1010 g/mol. The van der Waals surface area contributed by atoms with Crippen LogP contribution in [0.5, 0.6) is 0 Å². The lowest BCUT2D eigenvalue weighted by Crippen LogP contribution is -2.42. The molecule has 0 radical (unpaired) electrons. The van der Waals surface area contributed by atoms with Crippen molar-refractivity contribution in [1.29, 1.82) is 0 Å². The van der Waals surface area contributed by atoms with Crippen LogP contribution in [0.25, 0.3) is 0 Å². The topological polar surface area (TPSA) is 125 Å². The van der Waals surface area contributed by atoms with Gasteiger partial charge in [-0.3, -0.25) is 4.79 Å². The van der Waals surface area contributed by atoms with Crippen molar-refractivity contribution in [1.82, 2.24) is 9.97 Å². The predicted molar refractivity (Wildman–Crippen MR) is 262 cm³/mol. The largest absolute Gasteiger partial charge is 0.477 e. The van der Waals surface area contributed by atoms with Crippen LogP contribution < -0.4 is 5.73 Å². The molecule has 3 N–H and O–H groups in total. The van der Waals surface area contributed by atoms with E-state index >= 15 is 0 Å². The Bertz CT molecular complexity index is 1940. The number of Topliss-reactive ketones (excluding diaryl/α,β-unsaturated/α-hetero) is 1. The first-order valence-corrected chi connectivity index (χ1v) is 29.0. The van der Waals surface area contributed by atoms with E-state index in [2.05, 4.69) is 142 Å². The van der Waals surface area contributed by atoms with Crippen molar-refractivity contribution in [3.8, 4) is 0 Å². The summed E-state index contributed by atoms with van der Waals surface area (Å²) < 4.78 is 14.8. The number of carboxylic acid groups (broad SMARTS) is 1. The van der Waals surface area contributed by atoms with Crippen molar-refractivity contribution in [2.24, 2.45) is 5.73 Å². The fourth-order valence-electron chi connectivity index (χ4n) is 4.65. The number of carbonyl (C=O) groups is 2. The van der Waals surface area contributed by atoms with E-state index in [1.54, 1.807) is 6.20 Å². The summed E-state index contributed by atoms with van der Waals surface area (Å²) in [5, 5.41) is 10.9. The molecule has 0 saturated heterocycles. The number of hydrogen-bond donors (Lipinski definition) is 2. The van der Waals surface area contributed by atoms with Gasteiger partial charge in [0.15, 0.2) is 22.4 Å². The number of rotatable bonds is 12.